The van der Waals surface area contributed by atoms with Gasteiger partial charge in [0.2, 0.25) is 0 Å². The lowest BCUT2D eigenvalue weighted by Gasteiger charge is -2.22. The number of amides is 2. The second kappa shape index (κ2) is 15.6. The number of carbonyl (C=O) groups is 1. The highest BCUT2D eigenvalue weighted by Gasteiger charge is 2.14. The van der Waals surface area contributed by atoms with Gasteiger partial charge in [-0.05, 0) is 55.3 Å². The number of aliphatic hydroxyl groups is 2. The standard InChI is InChI=1S/C32H38N4O6/c1-23(38)12-14-34-32(39)35-25-8-10-26(11-9-25)42-29-13-15-33-28-21-31(30(40-2)20-27(28)29)41-19-17-36(16-18-37)22-24-6-4-3-5-7-24/h3-11,13,15,20-21,23,37-38H,12,14,16-19,22H2,1-2H3,(H2,34,35,39). The number of carbonyl (C=O) groups excluding carboxylic acids is 1. The van der Waals surface area contributed by atoms with Crippen molar-refractivity contribution in [3.63, 3.8) is 0 Å². The molecule has 1 heterocycles. The maximum atomic E-state index is 12.0. The summed E-state index contributed by atoms with van der Waals surface area (Å²) in [6.45, 7) is 4.42. The Bertz CT molecular complexity index is 1420. The third kappa shape index (κ3) is 9.07. The smallest absolute Gasteiger partial charge is 0.319 e. The summed E-state index contributed by atoms with van der Waals surface area (Å²) in [5.41, 5.74) is 2.47. The molecule has 222 valence electrons. The van der Waals surface area contributed by atoms with Crippen LogP contribution in [0.4, 0.5) is 10.5 Å². The molecule has 0 bridgehead atoms. The summed E-state index contributed by atoms with van der Waals surface area (Å²) in [5.74, 6) is 2.31. The van der Waals surface area contributed by atoms with Crippen molar-refractivity contribution in [2.45, 2.75) is 26.0 Å². The number of fused-ring (bicyclic) bond motifs is 1. The molecule has 0 aliphatic heterocycles. The third-order valence-electron chi connectivity index (χ3n) is 6.50. The Balaban J connectivity index is 1.39. The van der Waals surface area contributed by atoms with Crippen LogP contribution >= 0.6 is 0 Å². The van der Waals surface area contributed by atoms with E-state index in [1.54, 1.807) is 50.6 Å². The van der Waals surface area contributed by atoms with E-state index in [9.17, 15) is 15.0 Å². The first-order chi connectivity index (χ1) is 20.4. The lowest BCUT2D eigenvalue weighted by Crippen LogP contribution is -2.30. The highest BCUT2D eigenvalue weighted by atomic mass is 16.5. The van der Waals surface area contributed by atoms with Crippen molar-refractivity contribution in [1.29, 1.82) is 0 Å². The van der Waals surface area contributed by atoms with Crippen LogP contribution in [0.1, 0.15) is 18.9 Å². The number of rotatable bonds is 15. The normalized spacial score (nSPS) is 11.7. The average molecular weight is 575 g/mol. The summed E-state index contributed by atoms with van der Waals surface area (Å²) < 4.78 is 17.9. The van der Waals surface area contributed by atoms with Crippen LogP contribution in [0.5, 0.6) is 23.0 Å². The molecule has 1 unspecified atom stereocenters. The zero-order valence-electron chi connectivity index (χ0n) is 24.0. The molecule has 3 aromatic carbocycles. The Labute approximate surface area is 245 Å². The van der Waals surface area contributed by atoms with Gasteiger partial charge >= 0.3 is 6.03 Å². The molecule has 10 nitrogen and oxygen atoms in total. The monoisotopic (exact) mass is 574 g/mol. The van der Waals surface area contributed by atoms with Crippen LogP contribution in [0, 0.1) is 0 Å². The fraction of sp³-hybridized carbons (Fsp3) is 0.312. The van der Waals surface area contributed by atoms with E-state index in [0.717, 1.165) is 11.9 Å². The van der Waals surface area contributed by atoms with Gasteiger partial charge in [-0.3, -0.25) is 9.88 Å². The molecule has 4 aromatic rings. The molecule has 10 heteroatoms. The number of anilines is 1. The predicted octanol–water partition coefficient (Wildman–Crippen LogP) is 4.80. The molecule has 0 fully saturated rings. The van der Waals surface area contributed by atoms with Gasteiger partial charge in [0.1, 0.15) is 18.1 Å². The van der Waals surface area contributed by atoms with E-state index in [2.05, 4.69) is 32.7 Å². The second-order valence-corrected chi connectivity index (χ2v) is 9.81. The summed E-state index contributed by atoms with van der Waals surface area (Å²) in [6.07, 6.45) is 1.68. The fourth-order valence-corrected chi connectivity index (χ4v) is 4.33. The molecular weight excluding hydrogens is 536 g/mol. The second-order valence-electron chi connectivity index (χ2n) is 9.81. The number of pyridine rings is 1. The first-order valence-electron chi connectivity index (χ1n) is 13.9. The number of aliphatic hydroxyl groups excluding tert-OH is 2. The topological polar surface area (TPSA) is 125 Å². The molecule has 42 heavy (non-hydrogen) atoms. The average Bonchev–Trinajstić information content (AvgIpc) is 2.98. The van der Waals surface area contributed by atoms with Crippen molar-refractivity contribution < 1.29 is 29.2 Å². The molecule has 1 atom stereocenters. The Morgan fingerprint density at radius 2 is 1.79 bits per heavy atom. The van der Waals surface area contributed by atoms with Gasteiger partial charge in [0.05, 0.1) is 25.3 Å². The van der Waals surface area contributed by atoms with Gasteiger partial charge in [0, 0.05) is 49.5 Å². The number of benzene rings is 3. The van der Waals surface area contributed by atoms with Crippen LogP contribution in [0.15, 0.2) is 79.0 Å². The number of ether oxygens (including phenoxy) is 3. The van der Waals surface area contributed by atoms with Crippen molar-refractivity contribution >= 4 is 22.6 Å². The fourth-order valence-electron chi connectivity index (χ4n) is 4.33. The summed E-state index contributed by atoms with van der Waals surface area (Å²) >= 11 is 0. The molecule has 2 amide bonds. The molecule has 4 N–H and O–H groups in total. The van der Waals surface area contributed by atoms with Crippen LogP contribution in [-0.4, -0.2) is 72.2 Å². The molecule has 4 rings (SSSR count). The first-order valence-corrected chi connectivity index (χ1v) is 13.9. The number of urea groups is 1. The van der Waals surface area contributed by atoms with Crippen LogP contribution in [0.3, 0.4) is 0 Å². The summed E-state index contributed by atoms with van der Waals surface area (Å²) in [5, 5.41) is 25.0. The SMILES string of the molecule is COc1cc2c(Oc3ccc(NC(=O)NCCC(C)O)cc3)ccnc2cc1OCCN(CCO)Cc1ccccc1. The summed E-state index contributed by atoms with van der Waals surface area (Å²) in [6, 6.07) is 22.3. The maximum Gasteiger partial charge on any atom is 0.319 e. The van der Waals surface area contributed by atoms with Gasteiger partial charge in [-0.25, -0.2) is 4.79 Å². The Morgan fingerprint density at radius 3 is 2.50 bits per heavy atom. The van der Waals surface area contributed by atoms with E-state index in [1.165, 1.54) is 5.56 Å². The Morgan fingerprint density at radius 1 is 1.00 bits per heavy atom. The molecule has 0 saturated carbocycles. The van der Waals surface area contributed by atoms with Gasteiger partial charge in [-0.2, -0.15) is 0 Å². The maximum absolute atomic E-state index is 12.0. The van der Waals surface area contributed by atoms with E-state index in [1.807, 2.05) is 30.3 Å². The largest absolute Gasteiger partial charge is 0.493 e. The summed E-state index contributed by atoms with van der Waals surface area (Å²) in [4.78, 5) is 18.7. The molecule has 0 spiro atoms. The number of hydrogen-bond donors (Lipinski definition) is 4. The third-order valence-corrected chi connectivity index (χ3v) is 6.50. The molecular formula is C32H38N4O6. The van der Waals surface area contributed by atoms with E-state index in [0.29, 0.717) is 66.9 Å². The van der Waals surface area contributed by atoms with Crippen LogP contribution in [0.2, 0.25) is 0 Å². The van der Waals surface area contributed by atoms with Gasteiger partial charge < -0.3 is 35.1 Å². The zero-order chi connectivity index (χ0) is 29.7. The van der Waals surface area contributed by atoms with Crippen molar-refractivity contribution in [3.8, 4) is 23.0 Å². The summed E-state index contributed by atoms with van der Waals surface area (Å²) in [7, 11) is 1.59. The van der Waals surface area contributed by atoms with Crippen LogP contribution in [-0.2, 0) is 6.54 Å². The van der Waals surface area contributed by atoms with Gasteiger partial charge in [-0.1, -0.05) is 30.3 Å². The highest BCUT2D eigenvalue weighted by molar-refractivity contribution is 5.89. The molecule has 0 radical (unpaired) electrons. The van der Waals surface area contributed by atoms with Crippen molar-refractivity contribution in [3.05, 3.63) is 84.6 Å². The van der Waals surface area contributed by atoms with Crippen molar-refractivity contribution in [1.82, 2.24) is 15.2 Å². The highest BCUT2D eigenvalue weighted by Crippen LogP contribution is 2.37. The van der Waals surface area contributed by atoms with Crippen molar-refractivity contribution in [2.24, 2.45) is 0 Å². The van der Waals surface area contributed by atoms with Crippen LogP contribution in [0.25, 0.3) is 10.9 Å². The number of aromatic nitrogens is 1. The van der Waals surface area contributed by atoms with Gasteiger partial charge in [0.15, 0.2) is 11.5 Å². The van der Waals surface area contributed by atoms with Crippen molar-refractivity contribution in [2.75, 3.05) is 45.3 Å². The van der Waals surface area contributed by atoms with E-state index >= 15 is 0 Å². The lowest BCUT2D eigenvalue weighted by molar-refractivity contribution is 0.161. The number of methoxy groups -OCH3 is 1. The molecule has 0 saturated heterocycles. The minimum Gasteiger partial charge on any atom is -0.493 e. The number of hydrogen-bond acceptors (Lipinski definition) is 8. The van der Waals surface area contributed by atoms with E-state index < -0.39 is 6.10 Å². The van der Waals surface area contributed by atoms with Crippen LogP contribution < -0.4 is 24.8 Å². The van der Waals surface area contributed by atoms with E-state index in [-0.39, 0.29) is 12.6 Å². The lowest BCUT2D eigenvalue weighted by atomic mass is 10.1. The quantitative estimate of drug-likeness (QED) is 0.160. The molecule has 1 aromatic heterocycles. The number of nitrogens with one attached hydrogen (secondary N) is 2. The minimum absolute atomic E-state index is 0.0677. The zero-order valence-corrected chi connectivity index (χ0v) is 24.0. The number of nitrogens with zero attached hydrogens (tertiary/aromatic N) is 2. The molecule has 0 aliphatic carbocycles. The van der Waals surface area contributed by atoms with E-state index in [4.69, 9.17) is 14.2 Å². The van der Waals surface area contributed by atoms with Gasteiger partial charge in [-0.15, -0.1) is 0 Å². The minimum atomic E-state index is -0.469. The first kappa shape index (κ1) is 30.6. The van der Waals surface area contributed by atoms with Gasteiger partial charge in [0.25, 0.3) is 0 Å². The predicted molar refractivity (Wildman–Crippen MR) is 162 cm³/mol. The Hall–Kier alpha value is -4.38. The molecule has 0 aliphatic rings. The Kier molecular flexibility index (Phi) is 11.3.